The fourth-order valence-electron chi connectivity index (χ4n) is 2.25. The smallest absolute Gasteiger partial charge is 0.150 e. The Morgan fingerprint density at radius 2 is 1.81 bits per heavy atom. The highest BCUT2D eigenvalue weighted by molar-refractivity contribution is 7.99. The van der Waals surface area contributed by atoms with E-state index in [-0.39, 0.29) is 17.5 Å². The fraction of sp³-hybridized carbons (Fsp3) is 0.625. The van der Waals surface area contributed by atoms with Crippen LogP contribution in [0.4, 0.5) is 0 Å². The van der Waals surface area contributed by atoms with Gasteiger partial charge < -0.3 is 5.32 Å². The summed E-state index contributed by atoms with van der Waals surface area (Å²) in [7, 11) is -2.86. The molecule has 0 amide bonds. The van der Waals surface area contributed by atoms with Crippen LogP contribution in [-0.4, -0.2) is 32.2 Å². The average Bonchev–Trinajstić information content (AvgIpc) is 2.47. The summed E-state index contributed by atoms with van der Waals surface area (Å²) in [5.74, 6) is 1.60. The maximum Gasteiger partial charge on any atom is 0.150 e. The zero-order valence-electron chi connectivity index (χ0n) is 13.3. The lowest BCUT2D eigenvalue weighted by Crippen LogP contribution is -2.22. The van der Waals surface area contributed by atoms with Gasteiger partial charge in [-0.3, -0.25) is 0 Å². The molecule has 1 unspecified atom stereocenters. The first kappa shape index (κ1) is 18.5. The Kier molecular flexibility index (Phi) is 8.37. The third-order valence-electron chi connectivity index (χ3n) is 3.43. The minimum Gasteiger partial charge on any atom is -0.310 e. The Morgan fingerprint density at radius 3 is 2.33 bits per heavy atom. The van der Waals surface area contributed by atoms with E-state index in [0.29, 0.717) is 6.42 Å². The summed E-state index contributed by atoms with van der Waals surface area (Å²) in [6.07, 6.45) is 1.56. The number of rotatable bonds is 10. The van der Waals surface area contributed by atoms with Crippen LogP contribution < -0.4 is 5.32 Å². The third kappa shape index (κ3) is 6.85. The molecule has 1 aromatic rings. The number of benzene rings is 1. The Balaban J connectivity index is 2.63. The van der Waals surface area contributed by atoms with Gasteiger partial charge in [-0.2, -0.15) is 0 Å². The summed E-state index contributed by atoms with van der Waals surface area (Å²) in [6.45, 7) is 6.82. The molecule has 0 saturated heterocycles. The predicted molar refractivity (Wildman–Crippen MR) is 92.8 cm³/mol. The van der Waals surface area contributed by atoms with Crippen molar-refractivity contribution < 1.29 is 8.42 Å². The first-order valence-electron chi connectivity index (χ1n) is 7.69. The summed E-state index contributed by atoms with van der Waals surface area (Å²) in [5, 5.41) is 3.45. The van der Waals surface area contributed by atoms with E-state index in [1.807, 2.05) is 11.8 Å². The van der Waals surface area contributed by atoms with Crippen LogP contribution >= 0.6 is 11.8 Å². The molecule has 0 spiro atoms. The van der Waals surface area contributed by atoms with Crippen LogP contribution in [0.2, 0.25) is 0 Å². The molecule has 0 saturated carbocycles. The van der Waals surface area contributed by atoms with Gasteiger partial charge in [-0.05, 0) is 42.8 Å². The van der Waals surface area contributed by atoms with Crippen LogP contribution in [0.15, 0.2) is 29.2 Å². The molecular weight excluding hydrogens is 302 g/mol. The van der Waals surface area contributed by atoms with Crippen molar-refractivity contribution in [3.05, 3.63) is 29.8 Å². The van der Waals surface area contributed by atoms with Gasteiger partial charge in [0, 0.05) is 16.7 Å². The van der Waals surface area contributed by atoms with E-state index in [1.54, 1.807) is 6.92 Å². The van der Waals surface area contributed by atoms with Gasteiger partial charge in [-0.1, -0.05) is 32.9 Å². The van der Waals surface area contributed by atoms with Gasteiger partial charge in [0.25, 0.3) is 0 Å². The SMILES string of the molecule is CCNC(CCCS(=O)(=O)CC)c1ccc(SCC)cc1. The van der Waals surface area contributed by atoms with Gasteiger partial charge >= 0.3 is 0 Å². The highest BCUT2D eigenvalue weighted by Crippen LogP contribution is 2.23. The van der Waals surface area contributed by atoms with Gasteiger partial charge in [-0.25, -0.2) is 8.42 Å². The molecule has 0 aromatic heterocycles. The minimum absolute atomic E-state index is 0.238. The van der Waals surface area contributed by atoms with Crippen LogP contribution in [0.25, 0.3) is 0 Å². The zero-order chi connectivity index (χ0) is 15.7. The molecule has 120 valence electrons. The Morgan fingerprint density at radius 1 is 1.14 bits per heavy atom. The van der Waals surface area contributed by atoms with E-state index in [2.05, 4.69) is 43.4 Å². The highest BCUT2D eigenvalue weighted by Gasteiger charge is 2.13. The molecule has 0 fully saturated rings. The zero-order valence-corrected chi connectivity index (χ0v) is 14.9. The fourth-order valence-corrected chi connectivity index (χ4v) is 3.80. The molecule has 1 atom stereocenters. The second-order valence-electron chi connectivity index (χ2n) is 4.99. The summed E-state index contributed by atoms with van der Waals surface area (Å²) in [4.78, 5) is 1.28. The molecule has 21 heavy (non-hydrogen) atoms. The van der Waals surface area contributed by atoms with Crippen LogP contribution in [0.3, 0.4) is 0 Å². The number of hydrogen-bond acceptors (Lipinski definition) is 4. The average molecular weight is 330 g/mol. The van der Waals surface area contributed by atoms with Crippen LogP contribution in [0, 0.1) is 0 Å². The molecular formula is C16H27NO2S2. The third-order valence-corrected chi connectivity index (χ3v) is 6.12. The monoisotopic (exact) mass is 329 g/mol. The number of sulfone groups is 1. The lowest BCUT2D eigenvalue weighted by molar-refractivity contribution is 0.506. The second kappa shape index (κ2) is 9.49. The van der Waals surface area contributed by atoms with Crippen molar-refractivity contribution in [1.29, 1.82) is 0 Å². The Hall–Kier alpha value is -0.520. The Labute approximate surface area is 133 Å². The van der Waals surface area contributed by atoms with Crippen molar-refractivity contribution in [3.63, 3.8) is 0 Å². The van der Waals surface area contributed by atoms with Crippen LogP contribution in [0.5, 0.6) is 0 Å². The molecule has 1 N–H and O–H groups in total. The quantitative estimate of drug-likeness (QED) is 0.665. The summed E-state index contributed by atoms with van der Waals surface area (Å²) >= 11 is 1.83. The summed E-state index contributed by atoms with van der Waals surface area (Å²) in [6, 6.07) is 8.84. The van der Waals surface area contributed by atoms with E-state index in [9.17, 15) is 8.42 Å². The van der Waals surface area contributed by atoms with Crippen molar-refractivity contribution in [2.24, 2.45) is 0 Å². The standard InChI is InChI=1S/C16H27NO2S2/c1-4-17-16(8-7-13-21(18,19)6-3)14-9-11-15(12-10-14)20-5-2/h9-12,16-17H,4-8,13H2,1-3H3. The number of nitrogens with one attached hydrogen (secondary N) is 1. The van der Waals surface area contributed by atoms with E-state index >= 15 is 0 Å². The van der Waals surface area contributed by atoms with Crippen molar-refractivity contribution >= 4 is 21.6 Å². The lowest BCUT2D eigenvalue weighted by atomic mass is 10.0. The molecule has 0 aliphatic heterocycles. The minimum atomic E-state index is -2.86. The molecule has 1 rings (SSSR count). The Bertz CT molecular complexity index is 498. The molecule has 3 nitrogen and oxygen atoms in total. The lowest BCUT2D eigenvalue weighted by Gasteiger charge is -2.18. The highest BCUT2D eigenvalue weighted by atomic mass is 32.2. The number of thioether (sulfide) groups is 1. The van der Waals surface area contributed by atoms with Crippen molar-refractivity contribution in [3.8, 4) is 0 Å². The van der Waals surface area contributed by atoms with E-state index in [4.69, 9.17) is 0 Å². The molecule has 0 heterocycles. The van der Waals surface area contributed by atoms with Crippen molar-refractivity contribution in [1.82, 2.24) is 5.32 Å². The number of hydrogen-bond donors (Lipinski definition) is 1. The van der Waals surface area contributed by atoms with E-state index in [0.717, 1.165) is 18.7 Å². The summed E-state index contributed by atoms with van der Waals surface area (Å²) < 4.78 is 23.1. The summed E-state index contributed by atoms with van der Waals surface area (Å²) in [5.41, 5.74) is 1.24. The van der Waals surface area contributed by atoms with Crippen LogP contribution in [0.1, 0.15) is 45.2 Å². The maximum atomic E-state index is 11.6. The van der Waals surface area contributed by atoms with Crippen LogP contribution in [-0.2, 0) is 9.84 Å². The molecule has 1 aromatic carbocycles. The normalized spacial score (nSPS) is 13.3. The van der Waals surface area contributed by atoms with E-state index < -0.39 is 9.84 Å². The van der Waals surface area contributed by atoms with Gasteiger partial charge in [-0.15, -0.1) is 11.8 Å². The largest absolute Gasteiger partial charge is 0.310 e. The topological polar surface area (TPSA) is 46.2 Å². The first-order chi connectivity index (χ1) is 10.0. The van der Waals surface area contributed by atoms with Gasteiger partial charge in [0.15, 0.2) is 0 Å². The second-order valence-corrected chi connectivity index (χ2v) is 8.80. The molecule has 0 aliphatic carbocycles. The van der Waals surface area contributed by atoms with Gasteiger partial charge in [0.2, 0.25) is 0 Å². The molecule has 0 aliphatic rings. The van der Waals surface area contributed by atoms with Gasteiger partial charge in [0.05, 0.1) is 5.75 Å². The van der Waals surface area contributed by atoms with E-state index in [1.165, 1.54) is 10.5 Å². The molecule has 0 radical (unpaired) electrons. The van der Waals surface area contributed by atoms with Crippen molar-refractivity contribution in [2.75, 3.05) is 23.8 Å². The van der Waals surface area contributed by atoms with Gasteiger partial charge in [0.1, 0.15) is 9.84 Å². The maximum absolute atomic E-state index is 11.6. The predicted octanol–water partition coefficient (Wildman–Crippen LogP) is 3.66. The molecule has 0 bridgehead atoms. The molecule has 5 heteroatoms. The first-order valence-corrected chi connectivity index (χ1v) is 10.5. The van der Waals surface area contributed by atoms with Crippen molar-refractivity contribution in [2.45, 2.75) is 44.6 Å².